The third kappa shape index (κ3) is 3.10. The van der Waals surface area contributed by atoms with Crippen LogP contribution in [0, 0.1) is 16.0 Å². The van der Waals surface area contributed by atoms with E-state index in [1.54, 1.807) is 7.05 Å². The standard InChI is InChI=1S/C12H19N5O2/c1-8-3-5-9(6-4-8)16-12-10(17(18)19)11(13-2)14-7-15-12/h7-9H,3-6H2,1-2H3,(H2,13,14,15,16). The first-order chi connectivity index (χ1) is 9.11. The fourth-order valence-corrected chi connectivity index (χ4v) is 2.44. The van der Waals surface area contributed by atoms with Crippen LogP contribution in [0.3, 0.4) is 0 Å². The predicted molar refractivity (Wildman–Crippen MR) is 73.3 cm³/mol. The monoisotopic (exact) mass is 265 g/mol. The molecule has 1 aromatic heterocycles. The molecular formula is C12H19N5O2. The zero-order chi connectivity index (χ0) is 13.8. The van der Waals surface area contributed by atoms with E-state index < -0.39 is 4.92 Å². The molecule has 2 N–H and O–H groups in total. The number of rotatable bonds is 4. The smallest absolute Gasteiger partial charge is 0.353 e. The van der Waals surface area contributed by atoms with E-state index in [4.69, 9.17) is 0 Å². The number of nitrogens with one attached hydrogen (secondary N) is 2. The van der Waals surface area contributed by atoms with Crippen LogP contribution in [0.25, 0.3) is 0 Å². The molecule has 0 aromatic carbocycles. The van der Waals surface area contributed by atoms with Crippen molar-refractivity contribution in [2.45, 2.75) is 38.6 Å². The number of nitro groups is 1. The fourth-order valence-electron chi connectivity index (χ4n) is 2.44. The first kappa shape index (κ1) is 13.5. The van der Waals surface area contributed by atoms with Gasteiger partial charge in [-0.05, 0) is 31.6 Å². The summed E-state index contributed by atoms with van der Waals surface area (Å²) in [5.41, 5.74) is -0.0800. The molecule has 2 rings (SSSR count). The summed E-state index contributed by atoms with van der Waals surface area (Å²) in [6.45, 7) is 2.24. The van der Waals surface area contributed by atoms with E-state index >= 15 is 0 Å². The lowest BCUT2D eigenvalue weighted by Gasteiger charge is -2.27. The van der Waals surface area contributed by atoms with Gasteiger partial charge < -0.3 is 10.6 Å². The molecule has 0 unspecified atom stereocenters. The van der Waals surface area contributed by atoms with E-state index in [1.165, 1.54) is 6.33 Å². The molecule has 1 fully saturated rings. The Morgan fingerprint density at radius 1 is 1.26 bits per heavy atom. The zero-order valence-electron chi connectivity index (χ0n) is 11.2. The molecule has 1 aromatic rings. The first-order valence-corrected chi connectivity index (χ1v) is 6.55. The number of nitrogens with zero attached hydrogens (tertiary/aromatic N) is 3. The Bertz CT molecular complexity index is 457. The van der Waals surface area contributed by atoms with Gasteiger partial charge in [0.1, 0.15) is 6.33 Å². The second kappa shape index (κ2) is 5.81. The van der Waals surface area contributed by atoms with Crippen molar-refractivity contribution in [1.29, 1.82) is 0 Å². The summed E-state index contributed by atoms with van der Waals surface area (Å²) < 4.78 is 0. The van der Waals surface area contributed by atoms with Crippen molar-refractivity contribution in [2.24, 2.45) is 5.92 Å². The highest BCUT2D eigenvalue weighted by Gasteiger charge is 2.25. The summed E-state index contributed by atoms with van der Waals surface area (Å²) in [7, 11) is 1.61. The normalized spacial score (nSPS) is 22.8. The van der Waals surface area contributed by atoms with Crippen molar-refractivity contribution < 1.29 is 4.92 Å². The van der Waals surface area contributed by atoms with Crippen molar-refractivity contribution in [1.82, 2.24) is 9.97 Å². The van der Waals surface area contributed by atoms with Gasteiger partial charge in [-0.3, -0.25) is 10.1 Å². The van der Waals surface area contributed by atoms with Gasteiger partial charge in [0.2, 0.25) is 11.6 Å². The van der Waals surface area contributed by atoms with Gasteiger partial charge in [0.25, 0.3) is 0 Å². The quantitative estimate of drug-likeness (QED) is 0.641. The Kier molecular flexibility index (Phi) is 4.13. The molecule has 104 valence electrons. The van der Waals surface area contributed by atoms with Crippen LogP contribution in [-0.4, -0.2) is 28.0 Å². The van der Waals surface area contributed by atoms with Crippen LogP contribution in [0.4, 0.5) is 17.3 Å². The summed E-state index contributed by atoms with van der Waals surface area (Å²) >= 11 is 0. The molecule has 0 aliphatic heterocycles. The third-order valence-corrected chi connectivity index (χ3v) is 3.60. The van der Waals surface area contributed by atoms with E-state index in [-0.39, 0.29) is 17.5 Å². The van der Waals surface area contributed by atoms with Crippen LogP contribution in [0.15, 0.2) is 6.33 Å². The van der Waals surface area contributed by atoms with Crippen molar-refractivity contribution in [2.75, 3.05) is 17.7 Å². The molecule has 1 heterocycles. The van der Waals surface area contributed by atoms with Gasteiger partial charge >= 0.3 is 5.69 Å². The lowest BCUT2D eigenvalue weighted by Crippen LogP contribution is -2.26. The molecule has 0 spiro atoms. The molecule has 1 aliphatic rings. The van der Waals surface area contributed by atoms with Crippen molar-refractivity contribution in [3.63, 3.8) is 0 Å². The molecule has 1 saturated carbocycles. The molecule has 19 heavy (non-hydrogen) atoms. The maximum absolute atomic E-state index is 11.1. The average Bonchev–Trinajstić information content (AvgIpc) is 2.40. The highest BCUT2D eigenvalue weighted by Crippen LogP contribution is 2.31. The van der Waals surface area contributed by atoms with Crippen molar-refractivity contribution in [3.8, 4) is 0 Å². The first-order valence-electron chi connectivity index (χ1n) is 6.55. The molecule has 0 radical (unpaired) electrons. The minimum atomic E-state index is -0.445. The van der Waals surface area contributed by atoms with Crippen LogP contribution < -0.4 is 10.6 Å². The summed E-state index contributed by atoms with van der Waals surface area (Å²) in [5, 5.41) is 17.1. The van der Waals surface area contributed by atoms with E-state index in [9.17, 15) is 10.1 Å². The van der Waals surface area contributed by atoms with Gasteiger partial charge in [0, 0.05) is 13.1 Å². The summed E-state index contributed by atoms with van der Waals surface area (Å²) in [5.74, 6) is 1.29. The number of hydrogen-bond donors (Lipinski definition) is 2. The molecule has 7 heteroatoms. The SMILES string of the molecule is CNc1ncnc(NC2CCC(C)CC2)c1[N+](=O)[O-]. The number of aromatic nitrogens is 2. The largest absolute Gasteiger partial charge is 0.367 e. The highest BCUT2D eigenvalue weighted by molar-refractivity contribution is 5.69. The minimum absolute atomic E-state index is 0.0800. The van der Waals surface area contributed by atoms with Crippen LogP contribution >= 0.6 is 0 Å². The van der Waals surface area contributed by atoms with E-state index in [1.807, 2.05) is 0 Å². The minimum Gasteiger partial charge on any atom is -0.367 e. The third-order valence-electron chi connectivity index (χ3n) is 3.60. The van der Waals surface area contributed by atoms with Crippen LogP contribution in [-0.2, 0) is 0 Å². The van der Waals surface area contributed by atoms with Gasteiger partial charge in [-0.2, -0.15) is 0 Å². The van der Waals surface area contributed by atoms with E-state index in [2.05, 4.69) is 27.5 Å². The molecular weight excluding hydrogens is 246 g/mol. The highest BCUT2D eigenvalue weighted by atomic mass is 16.6. The predicted octanol–water partition coefficient (Wildman–Crippen LogP) is 2.42. The molecule has 7 nitrogen and oxygen atoms in total. The maximum atomic E-state index is 11.1. The Balaban J connectivity index is 2.17. The Hall–Kier alpha value is -1.92. The van der Waals surface area contributed by atoms with Crippen LogP contribution in [0.5, 0.6) is 0 Å². The lowest BCUT2D eigenvalue weighted by atomic mass is 9.87. The number of anilines is 2. The zero-order valence-corrected chi connectivity index (χ0v) is 11.2. The van der Waals surface area contributed by atoms with Gasteiger partial charge in [-0.25, -0.2) is 9.97 Å². The number of hydrogen-bond acceptors (Lipinski definition) is 6. The van der Waals surface area contributed by atoms with E-state index in [0.29, 0.717) is 5.82 Å². The molecule has 1 aliphatic carbocycles. The van der Waals surface area contributed by atoms with Crippen molar-refractivity contribution >= 4 is 17.3 Å². The molecule has 0 atom stereocenters. The molecule has 0 bridgehead atoms. The maximum Gasteiger partial charge on any atom is 0.353 e. The Morgan fingerprint density at radius 2 is 1.89 bits per heavy atom. The fraction of sp³-hybridized carbons (Fsp3) is 0.667. The van der Waals surface area contributed by atoms with Gasteiger partial charge in [-0.15, -0.1) is 0 Å². The molecule has 0 saturated heterocycles. The van der Waals surface area contributed by atoms with Gasteiger partial charge in [0.15, 0.2) is 0 Å². The van der Waals surface area contributed by atoms with Crippen LogP contribution in [0.2, 0.25) is 0 Å². The van der Waals surface area contributed by atoms with E-state index in [0.717, 1.165) is 31.6 Å². The summed E-state index contributed by atoms with van der Waals surface area (Å²) in [6.07, 6.45) is 5.69. The lowest BCUT2D eigenvalue weighted by molar-refractivity contribution is -0.383. The van der Waals surface area contributed by atoms with Gasteiger partial charge in [-0.1, -0.05) is 6.92 Å². The summed E-state index contributed by atoms with van der Waals surface area (Å²) in [6, 6.07) is 0.259. The Morgan fingerprint density at radius 3 is 2.47 bits per heavy atom. The Labute approximate surface area is 112 Å². The topological polar surface area (TPSA) is 93.0 Å². The second-order valence-corrected chi connectivity index (χ2v) is 5.03. The molecule has 0 amide bonds. The second-order valence-electron chi connectivity index (χ2n) is 5.03. The average molecular weight is 265 g/mol. The van der Waals surface area contributed by atoms with Gasteiger partial charge in [0.05, 0.1) is 4.92 Å². The van der Waals surface area contributed by atoms with Crippen molar-refractivity contribution in [3.05, 3.63) is 16.4 Å². The summed E-state index contributed by atoms with van der Waals surface area (Å²) in [4.78, 5) is 18.6. The van der Waals surface area contributed by atoms with Crippen LogP contribution in [0.1, 0.15) is 32.6 Å².